The van der Waals surface area contributed by atoms with Crippen LogP contribution in [0.3, 0.4) is 0 Å². The molecular formula is C24H35N3O5. The highest BCUT2D eigenvalue weighted by molar-refractivity contribution is 5.96. The molecule has 0 atom stereocenters. The Morgan fingerprint density at radius 2 is 1.66 bits per heavy atom. The number of carbonyl (C=O) groups excluding carboxylic acids is 4. The average molecular weight is 446 g/mol. The lowest BCUT2D eigenvalue weighted by atomic mass is 9.91. The van der Waals surface area contributed by atoms with Gasteiger partial charge >= 0.3 is 5.97 Å². The molecule has 1 aliphatic rings. The number of rotatable bonds is 6. The molecule has 1 saturated heterocycles. The highest BCUT2D eigenvalue weighted by atomic mass is 16.5. The summed E-state index contributed by atoms with van der Waals surface area (Å²) in [4.78, 5) is 52.4. The van der Waals surface area contributed by atoms with Crippen molar-refractivity contribution < 1.29 is 23.9 Å². The molecule has 8 nitrogen and oxygen atoms in total. The van der Waals surface area contributed by atoms with E-state index < -0.39 is 23.9 Å². The van der Waals surface area contributed by atoms with Crippen LogP contribution < -0.4 is 5.32 Å². The van der Waals surface area contributed by atoms with Crippen LogP contribution in [-0.4, -0.2) is 66.8 Å². The van der Waals surface area contributed by atoms with E-state index in [1.54, 1.807) is 4.90 Å². The zero-order valence-electron chi connectivity index (χ0n) is 20.0. The monoisotopic (exact) mass is 445 g/mol. The zero-order chi connectivity index (χ0) is 24.1. The number of ether oxygens (including phenoxy) is 1. The number of hydrogen-bond acceptors (Lipinski definition) is 5. The van der Waals surface area contributed by atoms with Gasteiger partial charge in [0.15, 0.2) is 6.61 Å². The van der Waals surface area contributed by atoms with Gasteiger partial charge in [0.25, 0.3) is 5.91 Å². The molecule has 1 aliphatic heterocycles. The van der Waals surface area contributed by atoms with Gasteiger partial charge in [-0.05, 0) is 37.8 Å². The quantitative estimate of drug-likeness (QED) is 0.679. The fourth-order valence-corrected chi connectivity index (χ4v) is 3.65. The maximum atomic E-state index is 12.4. The third-order valence-electron chi connectivity index (χ3n) is 5.65. The van der Waals surface area contributed by atoms with Crippen LogP contribution in [0.4, 0.5) is 5.69 Å². The number of nitrogens with zero attached hydrogens (tertiary/aromatic N) is 2. The van der Waals surface area contributed by atoms with E-state index in [1.807, 2.05) is 52.8 Å². The average Bonchev–Trinajstić information content (AvgIpc) is 2.73. The standard InChI is InChI=1S/C24H35N3O5/c1-16-8-7-9-17(2)21(16)25-19(28)14-26(6)20(29)15-32-22(30)18-10-12-27(13-11-18)23(31)24(3,4)5/h7-9,18H,10-15H2,1-6H3,(H,25,28). The normalized spacial score (nSPS) is 14.6. The first-order chi connectivity index (χ1) is 14.9. The van der Waals surface area contributed by atoms with E-state index in [9.17, 15) is 19.2 Å². The maximum absolute atomic E-state index is 12.4. The van der Waals surface area contributed by atoms with Gasteiger partial charge < -0.3 is 19.9 Å². The second-order valence-electron chi connectivity index (χ2n) is 9.49. The number of para-hydroxylation sites is 1. The van der Waals surface area contributed by atoms with E-state index in [2.05, 4.69) is 5.32 Å². The van der Waals surface area contributed by atoms with E-state index >= 15 is 0 Å². The first-order valence-corrected chi connectivity index (χ1v) is 11.0. The third-order valence-corrected chi connectivity index (χ3v) is 5.65. The number of piperidine rings is 1. The second-order valence-corrected chi connectivity index (χ2v) is 9.49. The molecule has 176 valence electrons. The summed E-state index contributed by atoms with van der Waals surface area (Å²) in [5.74, 6) is -1.46. The molecule has 1 heterocycles. The van der Waals surface area contributed by atoms with Crippen LogP contribution in [0.5, 0.6) is 0 Å². The van der Waals surface area contributed by atoms with Crippen LogP contribution in [0.1, 0.15) is 44.7 Å². The van der Waals surface area contributed by atoms with Gasteiger partial charge in [0.05, 0.1) is 12.5 Å². The van der Waals surface area contributed by atoms with Crippen molar-refractivity contribution in [1.82, 2.24) is 9.80 Å². The number of aryl methyl sites for hydroxylation is 2. The molecule has 0 saturated carbocycles. The summed E-state index contributed by atoms with van der Waals surface area (Å²) >= 11 is 0. The molecule has 0 aliphatic carbocycles. The lowest BCUT2D eigenvalue weighted by Gasteiger charge is -2.34. The third kappa shape index (κ3) is 6.80. The molecule has 1 aromatic rings. The summed E-state index contributed by atoms with van der Waals surface area (Å²) in [6.45, 7) is 9.89. The predicted molar refractivity (Wildman–Crippen MR) is 122 cm³/mol. The molecule has 3 amide bonds. The number of carbonyl (C=O) groups is 4. The Kier molecular flexibility index (Phi) is 8.41. The topological polar surface area (TPSA) is 96.0 Å². The molecule has 0 aromatic heterocycles. The second kappa shape index (κ2) is 10.6. The molecule has 32 heavy (non-hydrogen) atoms. The van der Waals surface area contributed by atoms with Crippen molar-refractivity contribution >= 4 is 29.4 Å². The Balaban J connectivity index is 1.76. The number of hydrogen-bond donors (Lipinski definition) is 1. The molecule has 0 radical (unpaired) electrons. The lowest BCUT2D eigenvalue weighted by Crippen LogP contribution is -2.45. The van der Waals surface area contributed by atoms with Crippen molar-refractivity contribution in [3.8, 4) is 0 Å². The Labute approximate surface area is 190 Å². The van der Waals surface area contributed by atoms with Gasteiger partial charge in [0.1, 0.15) is 0 Å². The summed E-state index contributed by atoms with van der Waals surface area (Å²) in [7, 11) is 1.50. The lowest BCUT2D eigenvalue weighted by molar-refractivity contribution is -0.157. The van der Waals surface area contributed by atoms with Gasteiger partial charge in [-0.1, -0.05) is 39.0 Å². The van der Waals surface area contributed by atoms with Crippen LogP contribution >= 0.6 is 0 Å². The molecule has 8 heteroatoms. The van der Waals surface area contributed by atoms with E-state index in [0.29, 0.717) is 25.9 Å². The van der Waals surface area contributed by atoms with E-state index in [0.717, 1.165) is 16.8 Å². The van der Waals surface area contributed by atoms with Crippen LogP contribution in [-0.2, 0) is 23.9 Å². The number of nitrogens with one attached hydrogen (secondary N) is 1. The molecule has 0 bridgehead atoms. The van der Waals surface area contributed by atoms with Crippen molar-refractivity contribution in [2.75, 3.05) is 38.6 Å². The Morgan fingerprint density at radius 3 is 2.19 bits per heavy atom. The summed E-state index contributed by atoms with van der Waals surface area (Å²) < 4.78 is 5.20. The van der Waals surface area contributed by atoms with Crippen LogP contribution in [0.15, 0.2) is 18.2 Å². The fourth-order valence-electron chi connectivity index (χ4n) is 3.65. The first kappa shape index (κ1) is 25.4. The van der Waals surface area contributed by atoms with Gasteiger partial charge in [-0.3, -0.25) is 19.2 Å². The minimum absolute atomic E-state index is 0.0697. The highest BCUT2D eigenvalue weighted by Crippen LogP contribution is 2.24. The van der Waals surface area contributed by atoms with Gasteiger partial charge in [0, 0.05) is 31.2 Å². The first-order valence-electron chi connectivity index (χ1n) is 11.0. The van der Waals surface area contributed by atoms with Gasteiger partial charge in [-0.2, -0.15) is 0 Å². The highest BCUT2D eigenvalue weighted by Gasteiger charge is 2.33. The molecule has 0 unspecified atom stereocenters. The molecular weight excluding hydrogens is 410 g/mol. The number of likely N-dealkylation sites (N-methyl/N-ethyl adjacent to an activating group) is 1. The molecule has 1 N–H and O–H groups in total. The van der Waals surface area contributed by atoms with E-state index in [1.165, 1.54) is 11.9 Å². The SMILES string of the molecule is Cc1cccc(C)c1NC(=O)CN(C)C(=O)COC(=O)C1CCN(C(=O)C(C)(C)C)CC1. The number of anilines is 1. The number of esters is 1. The van der Waals surface area contributed by atoms with Crippen LogP contribution in [0.2, 0.25) is 0 Å². The van der Waals surface area contributed by atoms with Gasteiger partial charge in [0.2, 0.25) is 11.8 Å². The Bertz CT molecular complexity index is 847. The zero-order valence-corrected chi connectivity index (χ0v) is 20.0. The van der Waals surface area contributed by atoms with Crippen molar-refractivity contribution in [1.29, 1.82) is 0 Å². The van der Waals surface area contributed by atoms with Crippen molar-refractivity contribution in [3.63, 3.8) is 0 Å². The molecule has 2 rings (SSSR count). The van der Waals surface area contributed by atoms with Crippen LogP contribution in [0.25, 0.3) is 0 Å². The maximum Gasteiger partial charge on any atom is 0.309 e. The largest absolute Gasteiger partial charge is 0.455 e. The van der Waals surface area contributed by atoms with Gasteiger partial charge in [-0.25, -0.2) is 0 Å². The fraction of sp³-hybridized carbons (Fsp3) is 0.583. The Morgan fingerprint density at radius 1 is 1.09 bits per heavy atom. The molecule has 0 spiro atoms. The summed E-state index contributed by atoms with van der Waals surface area (Å²) in [6.07, 6.45) is 1.03. The number of benzene rings is 1. The van der Waals surface area contributed by atoms with Crippen LogP contribution in [0, 0.1) is 25.2 Å². The summed E-state index contributed by atoms with van der Waals surface area (Å²) in [5.41, 5.74) is 2.17. The van der Waals surface area contributed by atoms with Crippen molar-refractivity contribution in [2.45, 2.75) is 47.5 Å². The summed E-state index contributed by atoms with van der Waals surface area (Å²) in [6, 6.07) is 5.72. The molecule has 1 aromatic carbocycles. The Hall–Kier alpha value is -2.90. The van der Waals surface area contributed by atoms with Crippen molar-refractivity contribution in [3.05, 3.63) is 29.3 Å². The van der Waals surface area contributed by atoms with E-state index in [4.69, 9.17) is 4.74 Å². The smallest absolute Gasteiger partial charge is 0.309 e. The minimum atomic E-state index is -0.450. The van der Waals surface area contributed by atoms with E-state index in [-0.39, 0.29) is 24.3 Å². The number of amides is 3. The predicted octanol–water partition coefficient (Wildman–Crippen LogP) is 2.53. The minimum Gasteiger partial charge on any atom is -0.455 e. The van der Waals surface area contributed by atoms with Gasteiger partial charge in [-0.15, -0.1) is 0 Å². The summed E-state index contributed by atoms with van der Waals surface area (Å²) in [5, 5.41) is 2.83. The molecule has 1 fully saturated rings. The number of likely N-dealkylation sites (tertiary alicyclic amines) is 1. The van der Waals surface area contributed by atoms with Crippen molar-refractivity contribution in [2.24, 2.45) is 11.3 Å².